The van der Waals surface area contributed by atoms with E-state index in [0.717, 1.165) is 103 Å². The van der Waals surface area contributed by atoms with Crippen LogP contribution in [0.2, 0.25) is 0 Å². The highest BCUT2D eigenvalue weighted by molar-refractivity contribution is 5.71. The topological polar surface area (TPSA) is 78.9 Å². The molecule has 0 N–H and O–H groups in total. The van der Waals surface area contributed by atoms with Gasteiger partial charge in [0.05, 0.1) is 0 Å². The molecule has 1 unspecified atom stereocenters. The Morgan fingerprint density at radius 3 is 0.938 bits per heavy atom. The average Bonchev–Trinajstić information content (AvgIpc) is 3.30. The Hall–Kier alpha value is -2.89. The van der Waals surface area contributed by atoms with Crippen molar-refractivity contribution in [1.29, 1.82) is 0 Å². The number of unbranched alkanes of at least 4 members (excludes halogenated alkanes) is 29. The predicted molar refractivity (Wildman–Crippen MR) is 279 cm³/mol. The van der Waals surface area contributed by atoms with Crippen LogP contribution >= 0.6 is 0 Å². The van der Waals surface area contributed by atoms with Crippen LogP contribution < -0.4 is 0 Å². The lowest BCUT2D eigenvalue weighted by molar-refractivity contribution is -0.167. The molecule has 0 aliphatic carbocycles. The summed E-state index contributed by atoms with van der Waals surface area (Å²) in [7, 11) is 0. The third-order valence-electron chi connectivity index (χ3n) is 11.9. The highest BCUT2D eigenvalue weighted by Gasteiger charge is 2.19. The molecule has 0 amide bonds. The van der Waals surface area contributed by atoms with Crippen molar-refractivity contribution in [3.8, 4) is 0 Å². The van der Waals surface area contributed by atoms with Crippen molar-refractivity contribution in [2.24, 2.45) is 0 Å². The first-order valence-corrected chi connectivity index (χ1v) is 27.8. The van der Waals surface area contributed by atoms with Gasteiger partial charge in [0.25, 0.3) is 0 Å². The van der Waals surface area contributed by atoms with Crippen LogP contribution in [-0.2, 0) is 28.6 Å². The second-order valence-corrected chi connectivity index (χ2v) is 18.5. The van der Waals surface area contributed by atoms with Crippen LogP contribution in [0, 0.1) is 0 Å². The molecule has 6 heteroatoms. The van der Waals surface area contributed by atoms with Crippen molar-refractivity contribution in [3.63, 3.8) is 0 Å². The third kappa shape index (κ3) is 51.9. The van der Waals surface area contributed by atoms with Gasteiger partial charge >= 0.3 is 17.9 Å². The second-order valence-electron chi connectivity index (χ2n) is 18.5. The predicted octanol–water partition coefficient (Wildman–Crippen LogP) is 18.4. The number of esters is 3. The van der Waals surface area contributed by atoms with E-state index in [4.69, 9.17) is 14.2 Å². The molecule has 376 valence electrons. The Labute approximate surface area is 402 Å². The SMILES string of the molecule is CCC/C=C\CCCCCCCC(=O)OCC(COC(=O)CCCCCCCC/C=C\C/C=C\C/C=C\CCCCCCC)OC(=O)CCCCCCC/C=C\CCCCCCCCC. The van der Waals surface area contributed by atoms with Gasteiger partial charge in [-0.2, -0.15) is 0 Å². The molecule has 0 aromatic rings. The van der Waals surface area contributed by atoms with E-state index < -0.39 is 6.10 Å². The Kier molecular flexibility index (Phi) is 51.3. The first-order chi connectivity index (χ1) is 32.0. The molecular formula is C59H104O6. The van der Waals surface area contributed by atoms with Crippen LogP contribution in [0.4, 0.5) is 0 Å². The molecule has 0 rings (SSSR count). The van der Waals surface area contributed by atoms with Crippen LogP contribution in [0.15, 0.2) is 60.8 Å². The van der Waals surface area contributed by atoms with Gasteiger partial charge in [-0.1, -0.05) is 216 Å². The Morgan fingerprint density at radius 1 is 0.308 bits per heavy atom. The zero-order chi connectivity index (χ0) is 47.2. The molecular weight excluding hydrogens is 805 g/mol. The smallest absolute Gasteiger partial charge is 0.306 e. The van der Waals surface area contributed by atoms with Crippen molar-refractivity contribution in [2.75, 3.05) is 13.2 Å². The summed E-state index contributed by atoms with van der Waals surface area (Å²) in [6, 6.07) is 0. The van der Waals surface area contributed by atoms with Crippen LogP contribution in [0.1, 0.15) is 278 Å². The van der Waals surface area contributed by atoms with E-state index in [1.54, 1.807) is 0 Å². The minimum absolute atomic E-state index is 0.0860. The first kappa shape index (κ1) is 62.1. The molecule has 65 heavy (non-hydrogen) atoms. The van der Waals surface area contributed by atoms with E-state index in [9.17, 15) is 14.4 Å². The molecule has 0 spiro atoms. The summed E-state index contributed by atoms with van der Waals surface area (Å²) in [6.07, 6.45) is 66.4. The first-order valence-electron chi connectivity index (χ1n) is 27.8. The maximum Gasteiger partial charge on any atom is 0.306 e. The van der Waals surface area contributed by atoms with E-state index >= 15 is 0 Å². The van der Waals surface area contributed by atoms with E-state index in [-0.39, 0.29) is 31.1 Å². The van der Waals surface area contributed by atoms with Gasteiger partial charge in [0, 0.05) is 19.3 Å². The average molecular weight is 909 g/mol. The van der Waals surface area contributed by atoms with Crippen molar-refractivity contribution < 1.29 is 28.6 Å². The summed E-state index contributed by atoms with van der Waals surface area (Å²) < 4.78 is 16.8. The third-order valence-corrected chi connectivity index (χ3v) is 11.9. The largest absolute Gasteiger partial charge is 0.462 e. The van der Waals surface area contributed by atoms with Crippen LogP contribution in [0.3, 0.4) is 0 Å². The fraction of sp³-hybridized carbons (Fsp3) is 0.780. The van der Waals surface area contributed by atoms with Gasteiger partial charge in [-0.3, -0.25) is 14.4 Å². The molecule has 0 fully saturated rings. The summed E-state index contributed by atoms with van der Waals surface area (Å²) in [6.45, 7) is 6.55. The van der Waals surface area contributed by atoms with Crippen LogP contribution in [-0.4, -0.2) is 37.2 Å². The van der Waals surface area contributed by atoms with Crippen LogP contribution in [0.25, 0.3) is 0 Å². The quantitative estimate of drug-likeness (QED) is 0.0262. The number of carbonyl (C=O) groups is 3. The lowest BCUT2D eigenvalue weighted by Gasteiger charge is -2.18. The van der Waals surface area contributed by atoms with Gasteiger partial charge in [-0.25, -0.2) is 0 Å². The highest BCUT2D eigenvalue weighted by atomic mass is 16.6. The summed E-state index contributed by atoms with van der Waals surface area (Å²) in [5.74, 6) is -0.911. The molecule has 0 aliphatic heterocycles. The summed E-state index contributed by atoms with van der Waals surface area (Å²) in [5.41, 5.74) is 0. The van der Waals surface area contributed by atoms with E-state index in [2.05, 4.69) is 81.5 Å². The molecule has 0 heterocycles. The molecule has 0 saturated carbocycles. The minimum Gasteiger partial charge on any atom is -0.462 e. The van der Waals surface area contributed by atoms with Gasteiger partial charge in [0.2, 0.25) is 0 Å². The van der Waals surface area contributed by atoms with Crippen LogP contribution in [0.5, 0.6) is 0 Å². The minimum atomic E-state index is -0.786. The monoisotopic (exact) mass is 909 g/mol. The van der Waals surface area contributed by atoms with E-state index in [1.807, 2.05) is 0 Å². The van der Waals surface area contributed by atoms with E-state index in [0.29, 0.717) is 19.3 Å². The number of allylic oxidation sites excluding steroid dienone is 10. The Morgan fingerprint density at radius 2 is 0.585 bits per heavy atom. The molecule has 0 bridgehead atoms. The van der Waals surface area contributed by atoms with Gasteiger partial charge < -0.3 is 14.2 Å². The fourth-order valence-electron chi connectivity index (χ4n) is 7.74. The molecule has 1 atom stereocenters. The number of carbonyl (C=O) groups excluding carboxylic acids is 3. The van der Waals surface area contributed by atoms with E-state index in [1.165, 1.54) is 135 Å². The summed E-state index contributed by atoms with van der Waals surface area (Å²) in [5, 5.41) is 0. The molecule has 0 aromatic carbocycles. The summed E-state index contributed by atoms with van der Waals surface area (Å²) in [4.78, 5) is 38.0. The van der Waals surface area contributed by atoms with Gasteiger partial charge in [-0.15, -0.1) is 0 Å². The maximum atomic E-state index is 12.8. The second kappa shape index (κ2) is 53.7. The fourth-order valence-corrected chi connectivity index (χ4v) is 7.74. The van der Waals surface area contributed by atoms with Gasteiger partial charge in [0.1, 0.15) is 13.2 Å². The highest BCUT2D eigenvalue weighted by Crippen LogP contribution is 2.14. The zero-order valence-corrected chi connectivity index (χ0v) is 43.0. The molecule has 0 radical (unpaired) electrons. The lowest BCUT2D eigenvalue weighted by atomic mass is 10.1. The zero-order valence-electron chi connectivity index (χ0n) is 43.0. The number of ether oxygens (including phenoxy) is 3. The van der Waals surface area contributed by atoms with Gasteiger partial charge in [0.15, 0.2) is 6.10 Å². The summed E-state index contributed by atoms with van der Waals surface area (Å²) >= 11 is 0. The normalized spacial score (nSPS) is 12.5. The maximum absolute atomic E-state index is 12.8. The molecule has 0 saturated heterocycles. The Bertz CT molecular complexity index is 1180. The van der Waals surface area contributed by atoms with Crippen molar-refractivity contribution in [3.05, 3.63) is 60.8 Å². The van der Waals surface area contributed by atoms with Crippen molar-refractivity contribution in [1.82, 2.24) is 0 Å². The molecule has 0 aromatic heterocycles. The number of rotatable bonds is 50. The molecule has 0 aliphatic rings. The number of hydrogen-bond donors (Lipinski definition) is 0. The molecule has 6 nitrogen and oxygen atoms in total. The van der Waals surface area contributed by atoms with Crippen molar-refractivity contribution >= 4 is 17.9 Å². The number of hydrogen-bond acceptors (Lipinski definition) is 6. The Balaban J connectivity index is 4.34. The standard InChI is InChI=1S/C59H104O6/c1-4-7-10-13-16-19-22-24-26-28-29-30-31-32-34-35-37-40-43-46-49-52-58(61)64-55-56(54-63-57(60)51-48-45-42-39-21-18-15-12-9-6-3)65-59(62)53-50-47-44-41-38-36-33-27-25-23-20-17-14-11-8-5-2/h12,15,22,24,27-29,31-33,56H,4-11,13-14,16-21,23,25-26,30,34-55H2,1-3H3/b15-12-,24-22-,29-28-,32-31-,33-27-. The lowest BCUT2D eigenvalue weighted by Crippen LogP contribution is -2.30. The van der Waals surface area contributed by atoms with Crippen molar-refractivity contribution in [2.45, 2.75) is 284 Å². The van der Waals surface area contributed by atoms with Gasteiger partial charge in [-0.05, 0) is 103 Å².